The molecule has 1 atom stereocenters. The summed E-state index contributed by atoms with van der Waals surface area (Å²) in [4.78, 5) is 12.2. The average Bonchev–Trinajstić information content (AvgIpc) is 2.36. The zero-order valence-corrected chi connectivity index (χ0v) is 13.2. The summed E-state index contributed by atoms with van der Waals surface area (Å²) >= 11 is 3.34. The minimum atomic E-state index is -0.169. The number of ether oxygens (including phenoxy) is 1. The first-order chi connectivity index (χ1) is 8.95. The third-order valence-electron chi connectivity index (χ3n) is 2.88. The van der Waals surface area contributed by atoms with Crippen molar-refractivity contribution in [2.75, 3.05) is 18.9 Å². The van der Waals surface area contributed by atoms with Crippen LogP contribution in [0.15, 0.2) is 22.7 Å². The van der Waals surface area contributed by atoms with Crippen LogP contribution < -0.4 is 11.1 Å². The molecule has 5 heteroatoms. The molecule has 0 radical (unpaired) electrons. The Hall–Kier alpha value is -1.07. The van der Waals surface area contributed by atoms with Crippen molar-refractivity contribution in [3.05, 3.63) is 28.2 Å². The maximum atomic E-state index is 12.2. The molecule has 4 nitrogen and oxygen atoms in total. The van der Waals surface area contributed by atoms with Gasteiger partial charge in [0, 0.05) is 16.8 Å². The number of halogens is 1. The van der Waals surface area contributed by atoms with Gasteiger partial charge in [0.05, 0.1) is 18.2 Å². The number of amides is 1. The second-order valence-electron chi connectivity index (χ2n) is 4.72. The second-order valence-corrected chi connectivity index (χ2v) is 5.63. The van der Waals surface area contributed by atoms with Gasteiger partial charge < -0.3 is 15.8 Å². The van der Waals surface area contributed by atoms with E-state index in [1.165, 1.54) is 0 Å². The third kappa shape index (κ3) is 4.84. The molecule has 0 fully saturated rings. The van der Waals surface area contributed by atoms with E-state index in [2.05, 4.69) is 21.2 Å². The largest absolute Gasteiger partial charge is 0.398 e. The highest BCUT2D eigenvalue weighted by molar-refractivity contribution is 9.10. The molecule has 19 heavy (non-hydrogen) atoms. The average molecular weight is 329 g/mol. The molecule has 1 aromatic rings. The summed E-state index contributed by atoms with van der Waals surface area (Å²) in [6.07, 6.45) is 0. The Balaban J connectivity index is 2.78. The van der Waals surface area contributed by atoms with Crippen molar-refractivity contribution in [3.63, 3.8) is 0 Å². The summed E-state index contributed by atoms with van der Waals surface area (Å²) in [5.74, 6) is 0.126. The van der Waals surface area contributed by atoms with E-state index in [4.69, 9.17) is 10.5 Å². The molecule has 0 spiro atoms. The lowest BCUT2D eigenvalue weighted by molar-refractivity contribution is 0.0807. The van der Waals surface area contributed by atoms with Crippen LogP contribution in [0.1, 0.15) is 31.1 Å². The first kappa shape index (κ1) is 16.0. The molecule has 106 valence electrons. The lowest BCUT2D eigenvalue weighted by Crippen LogP contribution is -2.42. The Bertz CT molecular complexity index is 435. The third-order valence-corrected chi connectivity index (χ3v) is 3.38. The van der Waals surface area contributed by atoms with Gasteiger partial charge in [-0.15, -0.1) is 0 Å². The number of hydrogen-bond donors (Lipinski definition) is 2. The lowest BCUT2D eigenvalue weighted by atomic mass is 10.0. The van der Waals surface area contributed by atoms with Crippen LogP contribution in [0.4, 0.5) is 5.69 Å². The topological polar surface area (TPSA) is 64.3 Å². The number of carbonyl (C=O) groups excluding carboxylic acids is 1. The van der Waals surface area contributed by atoms with Crippen molar-refractivity contribution in [1.29, 1.82) is 0 Å². The number of nitrogen functional groups attached to an aromatic ring is 1. The van der Waals surface area contributed by atoms with Crippen LogP contribution in [0.5, 0.6) is 0 Å². The van der Waals surface area contributed by atoms with Crippen LogP contribution in [-0.4, -0.2) is 25.2 Å². The Morgan fingerprint density at radius 3 is 2.74 bits per heavy atom. The van der Waals surface area contributed by atoms with Gasteiger partial charge in [0.2, 0.25) is 0 Å². The molecule has 0 aliphatic rings. The quantitative estimate of drug-likeness (QED) is 0.789. The fourth-order valence-electron chi connectivity index (χ4n) is 1.62. The number of rotatable bonds is 6. The number of nitrogens with one attached hydrogen (secondary N) is 1. The van der Waals surface area contributed by atoms with Gasteiger partial charge in [-0.05, 0) is 31.0 Å². The Morgan fingerprint density at radius 1 is 1.47 bits per heavy atom. The van der Waals surface area contributed by atoms with E-state index in [-0.39, 0.29) is 11.9 Å². The van der Waals surface area contributed by atoms with Gasteiger partial charge in [0.1, 0.15) is 0 Å². The summed E-state index contributed by atoms with van der Waals surface area (Å²) in [6.45, 7) is 7.18. The summed E-state index contributed by atoms with van der Waals surface area (Å²) in [5, 5.41) is 2.97. The zero-order valence-electron chi connectivity index (χ0n) is 11.6. The van der Waals surface area contributed by atoms with Gasteiger partial charge >= 0.3 is 0 Å². The minimum absolute atomic E-state index is 0.0224. The molecule has 1 unspecified atom stereocenters. The van der Waals surface area contributed by atoms with E-state index in [1.807, 2.05) is 26.8 Å². The van der Waals surface area contributed by atoms with Gasteiger partial charge in [0.25, 0.3) is 5.91 Å². The van der Waals surface area contributed by atoms with Crippen molar-refractivity contribution in [3.8, 4) is 0 Å². The Labute approximate surface area is 122 Å². The molecule has 0 aliphatic carbocycles. The van der Waals surface area contributed by atoms with E-state index in [0.29, 0.717) is 30.4 Å². The molecular weight excluding hydrogens is 308 g/mol. The van der Waals surface area contributed by atoms with Gasteiger partial charge in [-0.1, -0.05) is 29.8 Å². The van der Waals surface area contributed by atoms with Crippen LogP contribution in [0.2, 0.25) is 0 Å². The summed E-state index contributed by atoms with van der Waals surface area (Å²) in [6, 6.07) is 5.23. The fraction of sp³-hybridized carbons (Fsp3) is 0.500. The first-order valence-electron chi connectivity index (χ1n) is 6.39. The maximum Gasteiger partial charge on any atom is 0.253 e. The normalized spacial score (nSPS) is 12.5. The first-order valence-corrected chi connectivity index (χ1v) is 7.18. The number of hydrogen-bond acceptors (Lipinski definition) is 3. The van der Waals surface area contributed by atoms with Crippen LogP contribution in [0.25, 0.3) is 0 Å². The SMILES string of the molecule is CCOCC(NC(=O)c1cc(Br)ccc1N)C(C)C. The molecule has 3 N–H and O–H groups in total. The van der Waals surface area contributed by atoms with Crippen molar-refractivity contribution >= 4 is 27.5 Å². The van der Waals surface area contributed by atoms with E-state index >= 15 is 0 Å². The lowest BCUT2D eigenvalue weighted by Gasteiger charge is -2.22. The molecule has 0 heterocycles. The number of carbonyl (C=O) groups is 1. The standard InChI is InChI=1S/C14H21BrN2O2/c1-4-19-8-13(9(2)3)17-14(18)11-7-10(15)5-6-12(11)16/h5-7,9,13H,4,8,16H2,1-3H3,(H,17,18). The molecule has 0 aromatic heterocycles. The van der Waals surface area contributed by atoms with Crippen molar-refractivity contribution in [1.82, 2.24) is 5.32 Å². The van der Waals surface area contributed by atoms with Gasteiger partial charge in [-0.3, -0.25) is 4.79 Å². The number of nitrogens with two attached hydrogens (primary N) is 1. The van der Waals surface area contributed by atoms with Crippen LogP contribution in [0.3, 0.4) is 0 Å². The highest BCUT2D eigenvalue weighted by Crippen LogP contribution is 2.18. The Kier molecular flexibility index (Phi) is 6.31. The van der Waals surface area contributed by atoms with E-state index in [9.17, 15) is 4.79 Å². The van der Waals surface area contributed by atoms with Crippen LogP contribution in [-0.2, 0) is 4.74 Å². The van der Waals surface area contributed by atoms with Gasteiger partial charge in [-0.25, -0.2) is 0 Å². The second kappa shape index (κ2) is 7.50. The van der Waals surface area contributed by atoms with E-state index < -0.39 is 0 Å². The summed E-state index contributed by atoms with van der Waals surface area (Å²) in [5.41, 5.74) is 6.78. The predicted molar refractivity (Wildman–Crippen MR) is 81.1 cm³/mol. The smallest absolute Gasteiger partial charge is 0.253 e. The van der Waals surface area contributed by atoms with Crippen LogP contribution >= 0.6 is 15.9 Å². The number of anilines is 1. The van der Waals surface area contributed by atoms with Gasteiger partial charge in [0.15, 0.2) is 0 Å². The Morgan fingerprint density at radius 2 is 2.16 bits per heavy atom. The predicted octanol–water partition coefficient (Wildman–Crippen LogP) is 2.82. The molecule has 1 rings (SSSR count). The molecular formula is C14H21BrN2O2. The molecule has 0 aliphatic heterocycles. The van der Waals surface area contributed by atoms with Crippen molar-refractivity contribution in [2.24, 2.45) is 5.92 Å². The van der Waals surface area contributed by atoms with E-state index in [0.717, 1.165) is 4.47 Å². The molecule has 0 bridgehead atoms. The molecule has 0 saturated carbocycles. The number of benzene rings is 1. The molecule has 0 saturated heterocycles. The highest BCUT2D eigenvalue weighted by Gasteiger charge is 2.18. The molecule has 1 aromatic carbocycles. The molecule has 1 amide bonds. The zero-order chi connectivity index (χ0) is 14.4. The van der Waals surface area contributed by atoms with E-state index in [1.54, 1.807) is 12.1 Å². The van der Waals surface area contributed by atoms with Crippen molar-refractivity contribution < 1.29 is 9.53 Å². The monoisotopic (exact) mass is 328 g/mol. The summed E-state index contributed by atoms with van der Waals surface area (Å²) < 4.78 is 6.22. The van der Waals surface area contributed by atoms with Gasteiger partial charge in [-0.2, -0.15) is 0 Å². The maximum absolute atomic E-state index is 12.2. The highest BCUT2D eigenvalue weighted by atomic mass is 79.9. The van der Waals surface area contributed by atoms with Crippen LogP contribution in [0, 0.1) is 5.92 Å². The van der Waals surface area contributed by atoms with Crippen molar-refractivity contribution in [2.45, 2.75) is 26.8 Å². The fourth-order valence-corrected chi connectivity index (χ4v) is 1.98. The minimum Gasteiger partial charge on any atom is -0.398 e. The summed E-state index contributed by atoms with van der Waals surface area (Å²) in [7, 11) is 0.